The van der Waals surface area contributed by atoms with Gasteiger partial charge in [-0.15, -0.1) is 0 Å². The second-order valence-electron chi connectivity index (χ2n) is 5.82. The number of fused-ring (bicyclic) bond motifs is 1. The van der Waals surface area contributed by atoms with Gasteiger partial charge in [0.05, 0.1) is 10.8 Å². The van der Waals surface area contributed by atoms with E-state index in [0.29, 0.717) is 10.9 Å². The topological polar surface area (TPSA) is 108 Å². The van der Waals surface area contributed by atoms with E-state index in [1.54, 1.807) is 13.0 Å². The van der Waals surface area contributed by atoms with Crippen LogP contribution in [-0.4, -0.2) is 41.9 Å². The lowest BCUT2D eigenvalue weighted by molar-refractivity contribution is -0.142. The van der Waals surface area contributed by atoms with E-state index in [-0.39, 0.29) is 29.5 Å². The van der Waals surface area contributed by atoms with Crippen molar-refractivity contribution in [3.8, 4) is 0 Å². The molecule has 2 aromatic rings. The normalized spacial score (nSPS) is 22.5. The summed E-state index contributed by atoms with van der Waals surface area (Å²) in [5, 5.41) is 9.75. The second-order valence-corrected chi connectivity index (χ2v) is 7.75. The summed E-state index contributed by atoms with van der Waals surface area (Å²) in [5.41, 5.74) is 0.292. The van der Waals surface area contributed by atoms with Crippen LogP contribution >= 0.6 is 0 Å². The van der Waals surface area contributed by atoms with Gasteiger partial charge in [-0.3, -0.25) is 9.59 Å². The summed E-state index contributed by atoms with van der Waals surface area (Å²) < 4.78 is 26.7. The number of nitrogens with one attached hydrogen (secondary N) is 1. The molecule has 1 aliphatic heterocycles. The molecule has 0 aliphatic carbocycles. The molecular formula is C15H16N2O5S. The lowest BCUT2D eigenvalue weighted by Crippen LogP contribution is -2.30. The van der Waals surface area contributed by atoms with E-state index in [1.165, 1.54) is 28.6 Å². The minimum absolute atomic E-state index is 0.0253. The van der Waals surface area contributed by atoms with Crippen molar-refractivity contribution in [3.63, 3.8) is 0 Å². The molecule has 122 valence electrons. The molecule has 23 heavy (non-hydrogen) atoms. The average Bonchev–Trinajstić information content (AvgIpc) is 2.89. The maximum atomic E-state index is 12.7. The molecule has 2 heterocycles. The van der Waals surface area contributed by atoms with E-state index in [2.05, 4.69) is 4.98 Å². The highest BCUT2D eigenvalue weighted by Gasteiger charge is 2.40. The number of sulfonamides is 1. The maximum absolute atomic E-state index is 12.7. The van der Waals surface area contributed by atoms with Gasteiger partial charge in [-0.2, -0.15) is 4.31 Å². The average molecular weight is 336 g/mol. The van der Waals surface area contributed by atoms with Gasteiger partial charge in [0.15, 0.2) is 0 Å². The predicted molar refractivity (Wildman–Crippen MR) is 83.6 cm³/mol. The molecule has 0 radical (unpaired) electrons. The molecule has 0 amide bonds. The van der Waals surface area contributed by atoms with Gasteiger partial charge in [-0.25, -0.2) is 8.42 Å². The Bertz CT molecular complexity index is 934. The molecule has 2 N–H and O–H groups in total. The van der Waals surface area contributed by atoms with Crippen molar-refractivity contribution >= 4 is 26.9 Å². The fourth-order valence-corrected chi connectivity index (χ4v) is 4.48. The molecule has 3 rings (SSSR count). The van der Waals surface area contributed by atoms with Crippen LogP contribution in [0.25, 0.3) is 10.9 Å². The van der Waals surface area contributed by atoms with Gasteiger partial charge in [-0.05, 0) is 35.6 Å². The molecule has 0 unspecified atom stereocenters. The Morgan fingerprint density at radius 3 is 2.65 bits per heavy atom. The van der Waals surface area contributed by atoms with E-state index in [1.807, 2.05) is 0 Å². The number of carbonyl (C=O) groups is 1. The molecular weight excluding hydrogens is 320 g/mol. The quantitative estimate of drug-likeness (QED) is 0.865. The van der Waals surface area contributed by atoms with Gasteiger partial charge in [0.2, 0.25) is 15.6 Å². The molecule has 1 saturated heterocycles. The monoisotopic (exact) mass is 336 g/mol. The van der Waals surface area contributed by atoms with Crippen molar-refractivity contribution in [1.82, 2.24) is 9.29 Å². The number of aromatic amines is 1. The number of carboxylic acids is 1. The lowest BCUT2D eigenvalue weighted by Gasteiger charge is -2.16. The van der Waals surface area contributed by atoms with Crippen molar-refractivity contribution in [3.05, 3.63) is 40.7 Å². The van der Waals surface area contributed by atoms with Gasteiger partial charge in [0, 0.05) is 24.7 Å². The largest absolute Gasteiger partial charge is 0.481 e. The third-order valence-electron chi connectivity index (χ3n) is 4.23. The number of hydrogen-bond donors (Lipinski definition) is 2. The molecule has 2 atom stereocenters. The second kappa shape index (κ2) is 5.47. The first-order valence-corrected chi connectivity index (χ1v) is 8.59. The van der Waals surface area contributed by atoms with Crippen molar-refractivity contribution < 1.29 is 18.3 Å². The Hall–Kier alpha value is -2.19. The minimum Gasteiger partial charge on any atom is -0.481 e. The van der Waals surface area contributed by atoms with E-state index >= 15 is 0 Å². The zero-order chi connectivity index (χ0) is 16.8. The first kappa shape index (κ1) is 15.7. The summed E-state index contributed by atoms with van der Waals surface area (Å²) in [6, 6.07) is 7.33. The van der Waals surface area contributed by atoms with Crippen LogP contribution in [-0.2, 0) is 14.8 Å². The Labute approximate surface area is 132 Å². The first-order valence-electron chi connectivity index (χ1n) is 7.15. The zero-order valence-electron chi connectivity index (χ0n) is 12.4. The number of rotatable bonds is 3. The fraction of sp³-hybridized carbons (Fsp3) is 0.333. The Kier molecular flexibility index (Phi) is 3.73. The van der Waals surface area contributed by atoms with Gasteiger partial charge >= 0.3 is 5.97 Å². The zero-order valence-corrected chi connectivity index (χ0v) is 13.2. The van der Waals surface area contributed by atoms with Crippen LogP contribution in [0.2, 0.25) is 0 Å². The number of nitrogens with zero attached hydrogens (tertiary/aromatic N) is 1. The Morgan fingerprint density at radius 2 is 2.00 bits per heavy atom. The summed E-state index contributed by atoms with van der Waals surface area (Å²) in [7, 11) is -3.76. The molecule has 1 aromatic carbocycles. The van der Waals surface area contributed by atoms with E-state index < -0.39 is 21.9 Å². The SMILES string of the molecule is C[C@@H]1CN(S(=O)(=O)c2ccc3[nH]c(=O)ccc3c2)C[C@H]1C(=O)O. The van der Waals surface area contributed by atoms with Crippen LogP contribution in [0.3, 0.4) is 0 Å². The smallest absolute Gasteiger partial charge is 0.308 e. The molecule has 0 spiro atoms. The van der Waals surface area contributed by atoms with Gasteiger partial charge in [0.25, 0.3) is 0 Å². The Balaban J connectivity index is 1.98. The van der Waals surface area contributed by atoms with Crippen molar-refractivity contribution in [2.45, 2.75) is 11.8 Å². The highest BCUT2D eigenvalue weighted by molar-refractivity contribution is 7.89. The standard InChI is InChI=1S/C15H16N2O5S/c1-9-7-17(8-12(9)15(19)20)23(21,22)11-3-4-13-10(6-11)2-5-14(18)16-13/h2-6,9,12H,7-8H2,1H3,(H,16,18)(H,19,20)/t9-,12-/m1/s1. The van der Waals surface area contributed by atoms with Crippen molar-refractivity contribution in [2.75, 3.05) is 13.1 Å². The van der Waals surface area contributed by atoms with E-state index in [9.17, 15) is 18.0 Å². The number of aromatic nitrogens is 1. The van der Waals surface area contributed by atoms with Crippen LogP contribution < -0.4 is 5.56 Å². The van der Waals surface area contributed by atoms with Gasteiger partial charge in [0.1, 0.15) is 0 Å². The minimum atomic E-state index is -3.76. The third kappa shape index (κ3) is 2.75. The van der Waals surface area contributed by atoms with Crippen LogP contribution in [0.5, 0.6) is 0 Å². The van der Waals surface area contributed by atoms with Crippen LogP contribution in [0.4, 0.5) is 0 Å². The number of H-pyrrole nitrogens is 1. The first-order chi connectivity index (χ1) is 10.8. The summed E-state index contributed by atoms with van der Waals surface area (Å²) in [6.45, 7) is 1.89. The lowest BCUT2D eigenvalue weighted by atomic mass is 9.99. The molecule has 8 heteroatoms. The number of carboxylic acid groups (broad SMARTS) is 1. The fourth-order valence-electron chi connectivity index (χ4n) is 2.88. The number of benzene rings is 1. The van der Waals surface area contributed by atoms with Crippen molar-refractivity contribution in [2.24, 2.45) is 11.8 Å². The molecule has 7 nitrogen and oxygen atoms in total. The molecule has 1 aromatic heterocycles. The number of pyridine rings is 1. The summed E-state index contributed by atoms with van der Waals surface area (Å²) in [5.74, 6) is -1.91. The summed E-state index contributed by atoms with van der Waals surface area (Å²) in [4.78, 5) is 25.2. The number of aliphatic carboxylic acids is 1. The highest BCUT2D eigenvalue weighted by atomic mass is 32.2. The van der Waals surface area contributed by atoms with Crippen LogP contribution in [0.1, 0.15) is 6.92 Å². The maximum Gasteiger partial charge on any atom is 0.308 e. The van der Waals surface area contributed by atoms with Gasteiger partial charge < -0.3 is 10.1 Å². The van der Waals surface area contributed by atoms with Crippen LogP contribution in [0, 0.1) is 11.8 Å². The Morgan fingerprint density at radius 1 is 1.26 bits per heavy atom. The molecule has 1 aliphatic rings. The summed E-state index contributed by atoms with van der Waals surface area (Å²) in [6.07, 6.45) is 0. The summed E-state index contributed by atoms with van der Waals surface area (Å²) >= 11 is 0. The molecule has 1 fully saturated rings. The molecule has 0 saturated carbocycles. The van der Waals surface area contributed by atoms with Gasteiger partial charge in [-0.1, -0.05) is 6.92 Å². The number of hydrogen-bond acceptors (Lipinski definition) is 4. The highest BCUT2D eigenvalue weighted by Crippen LogP contribution is 2.29. The van der Waals surface area contributed by atoms with E-state index in [4.69, 9.17) is 5.11 Å². The van der Waals surface area contributed by atoms with Crippen molar-refractivity contribution in [1.29, 1.82) is 0 Å². The van der Waals surface area contributed by atoms with E-state index in [0.717, 1.165) is 0 Å². The predicted octanol–water partition coefficient (Wildman–Crippen LogP) is 0.869. The van der Waals surface area contributed by atoms with Crippen LogP contribution in [0.15, 0.2) is 40.0 Å². The third-order valence-corrected chi connectivity index (χ3v) is 6.06. The molecule has 0 bridgehead atoms.